The summed E-state index contributed by atoms with van der Waals surface area (Å²) < 4.78 is 0. The van der Waals surface area contributed by atoms with Crippen LogP contribution >= 0.6 is 0 Å². The maximum atomic E-state index is 5.83. The van der Waals surface area contributed by atoms with Crippen molar-refractivity contribution in [1.82, 2.24) is 4.98 Å². The molecule has 1 heterocycles. The first-order valence-electron chi connectivity index (χ1n) is 5.31. The number of anilines is 1. The molecule has 0 saturated heterocycles. The number of hydrogen-bond donors (Lipinski definition) is 1. The summed E-state index contributed by atoms with van der Waals surface area (Å²) in [7, 11) is 0. The Kier molecular flexibility index (Phi) is 3.67. The number of aromatic nitrogens is 1. The second-order valence-electron chi connectivity index (χ2n) is 3.32. The van der Waals surface area contributed by atoms with Crippen molar-refractivity contribution in [2.45, 2.75) is 27.7 Å². The van der Waals surface area contributed by atoms with Gasteiger partial charge in [-0.05, 0) is 31.5 Å². The number of nitrogen functional groups attached to an aromatic ring is 1. The standard InChI is InChI=1S/C11H12N2.C2H6/c1-7-3-6-10(12)11-9(7)5-4-8(2)13-11;1-2/h3-6H,12H2,1-2H3;1-2H3. The zero-order valence-electron chi connectivity index (χ0n) is 9.83. The third-order valence-corrected chi connectivity index (χ3v) is 2.25. The predicted molar refractivity (Wildman–Crippen MR) is 67.0 cm³/mol. The first kappa shape index (κ1) is 11.5. The molecular formula is C13H18N2. The molecule has 0 atom stereocenters. The number of rotatable bonds is 0. The quantitative estimate of drug-likeness (QED) is 0.664. The first-order chi connectivity index (χ1) is 7.18. The molecule has 0 aliphatic carbocycles. The van der Waals surface area contributed by atoms with Crippen molar-refractivity contribution >= 4 is 16.6 Å². The smallest absolute Gasteiger partial charge is 0.0936 e. The second kappa shape index (κ2) is 4.78. The lowest BCUT2D eigenvalue weighted by molar-refractivity contribution is 1.25. The Balaban J connectivity index is 0.000000531. The molecule has 0 aliphatic rings. The van der Waals surface area contributed by atoms with Crippen molar-refractivity contribution in [3.05, 3.63) is 35.5 Å². The highest BCUT2D eigenvalue weighted by Gasteiger charge is 2.01. The number of benzene rings is 1. The van der Waals surface area contributed by atoms with Gasteiger partial charge in [0.1, 0.15) is 0 Å². The molecule has 2 heteroatoms. The van der Waals surface area contributed by atoms with E-state index in [2.05, 4.69) is 18.0 Å². The van der Waals surface area contributed by atoms with Crippen LogP contribution in [0.5, 0.6) is 0 Å². The third kappa shape index (κ3) is 2.27. The molecule has 0 amide bonds. The van der Waals surface area contributed by atoms with E-state index in [0.29, 0.717) is 0 Å². The van der Waals surface area contributed by atoms with Gasteiger partial charge in [0.25, 0.3) is 0 Å². The lowest BCUT2D eigenvalue weighted by Gasteiger charge is -2.04. The molecule has 1 aromatic heterocycles. The van der Waals surface area contributed by atoms with Gasteiger partial charge in [-0.25, -0.2) is 0 Å². The minimum Gasteiger partial charge on any atom is -0.397 e. The summed E-state index contributed by atoms with van der Waals surface area (Å²) in [5, 5.41) is 1.14. The van der Waals surface area contributed by atoms with Crippen LogP contribution in [-0.2, 0) is 0 Å². The molecule has 2 aromatic rings. The largest absolute Gasteiger partial charge is 0.397 e. The van der Waals surface area contributed by atoms with E-state index in [1.54, 1.807) is 0 Å². The monoisotopic (exact) mass is 202 g/mol. The molecule has 15 heavy (non-hydrogen) atoms. The third-order valence-electron chi connectivity index (χ3n) is 2.25. The van der Waals surface area contributed by atoms with Gasteiger partial charge in [-0.3, -0.25) is 4.98 Å². The molecule has 0 saturated carbocycles. The molecule has 0 bridgehead atoms. The molecule has 0 unspecified atom stereocenters. The molecular weight excluding hydrogens is 184 g/mol. The van der Waals surface area contributed by atoms with Gasteiger partial charge in [0.2, 0.25) is 0 Å². The Morgan fingerprint density at radius 2 is 1.67 bits per heavy atom. The topological polar surface area (TPSA) is 38.9 Å². The van der Waals surface area contributed by atoms with Gasteiger partial charge in [-0.1, -0.05) is 26.0 Å². The van der Waals surface area contributed by atoms with Gasteiger partial charge < -0.3 is 5.73 Å². The molecule has 0 spiro atoms. The van der Waals surface area contributed by atoms with Crippen LogP contribution in [0.3, 0.4) is 0 Å². The van der Waals surface area contributed by atoms with E-state index in [1.807, 2.05) is 39.0 Å². The van der Waals surface area contributed by atoms with Gasteiger partial charge >= 0.3 is 0 Å². The normalized spacial score (nSPS) is 9.60. The van der Waals surface area contributed by atoms with Gasteiger partial charge in [0.15, 0.2) is 0 Å². The Bertz CT molecular complexity index is 461. The van der Waals surface area contributed by atoms with E-state index in [1.165, 1.54) is 5.56 Å². The maximum absolute atomic E-state index is 5.83. The van der Waals surface area contributed by atoms with Crippen molar-refractivity contribution in [2.75, 3.05) is 5.73 Å². The Labute approximate surface area is 91.1 Å². The van der Waals surface area contributed by atoms with Crippen molar-refractivity contribution < 1.29 is 0 Å². The summed E-state index contributed by atoms with van der Waals surface area (Å²) in [5.74, 6) is 0. The number of aryl methyl sites for hydroxylation is 2. The van der Waals surface area contributed by atoms with E-state index in [9.17, 15) is 0 Å². The molecule has 2 nitrogen and oxygen atoms in total. The zero-order chi connectivity index (χ0) is 11.4. The van der Waals surface area contributed by atoms with Crippen molar-refractivity contribution in [2.24, 2.45) is 0 Å². The van der Waals surface area contributed by atoms with Crippen LogP contribution in [0.15, 0.2) is 24.3 Å². The minimum absolute atomic E-state index is 0.754. The summed E-state index contributed by atoms with van der Waals surface area (Å²) >= 11 is 0. The number of nitrogens with zero attached hydrogens (tertiary/aromatic N) is 1. The Morgan fingerprint density at radius 1 is 1.00 bits per heavy atom. The van der Waals surface area contributed by atoms with E-state index in [-0.39, 0.29) is 0 Å². The fraction of sp³-hybridized carbons (Fsp3) is 0.308. The molecule has 0 fully saturated rings. The molecule has 0 aliphatic heterocycles. The molecule has 2 N–H and O–H groups in total. The highest BCUT2D eigenvalue weighted by Crippen LogP contribution is 2.22. The second-order valence-corrected chi connectivity index (χ2v) is 3.32. The first-order valence-corrected chi connectivity index (χ1v) is 5.31. The number of pyridine rings is 1. The van der Waals surface area contributed by atoms with Crippen LogP contribution < -0.4 is 5.73 Å². The summed E-state index contributed by atoms with van der Waals surface area (Å²) in [5.41, 5.74) is 9.73. The Morgan fingerprint density at radius 3 is 2.33 bits per heavy atom. The number of nitrogens with two attached hydrogens (primary N) is 1. The van der Waals surface area contributed by atoms with Gasteiger partial charge in [0.05, 0.1) is 11.2 Å². The number of hydrogen-bond acceptors (Lipinski definition) is 2. The van der Waals surface area contributed by atoms with Gasteiger partial charge in [-0.15, -0.1) is 0 Å². The lowest BCUT2D eigenvalue weighted by Crippen LogP contribution is -1.92. The van der Waals surface area contributed by atoms with E-state index >= 15 is 0 Å². The fourth-order valence-corrected chi connectivity index (χ4v) is 1.48. The summed E-state index contributed by atoms with van der Waals surface area (Å²) in [4.78, 5) is 4.41. The molecule has 80 valence electrons. The summed E-state index contributed by atoms with van der Waals surface area (Å²) in [6, 6.07) is 8.01. The van der Waals surface area contributed by atoms with Crippen LogP contribution in [-0.4, -0.2) is 4.98 Å². The van der Waals surface area contributed by atoms with Crippen LogP contribution in [0, 0.1) is 13.8 Å². The van der Waals surface area contributed by atoms with Crippen LogP contribution in [0.1, 0.15) is 25.1 Å². The fourth-order valence-electron chi connectivity index (χ4n) is 1.48. The van der Waals surface area contributed by atoms with Gasteiger partial charge in [0, 0.05) is 11.1 Å². The molecule has 1 aromatic carbocycles. The average molecular weight is 202 g/mol. The van der Waals surface area contributed by atoms with E-state index < -0.39 is 0 Å². The van der Waals surface area contributed by atoms with Crippen LogP contribution in [0.4, 0.5) is 5.69 Å². The van der Waals surface area contributed by atoms with Gasteiger partial charge in [-0.2, -0.15) is 0 Å². The Hall–Kier alpha value is -1.57. The summed E-state index contributed by atoms with van der Waals surface area (Å²) in [6.45, 7) is 8.04. The maximum Gasteiger partial charge on any atom is 0.0936 e. The van der Waals surface area contributed by atoms with Crippen LogP contribution in [0.25, 0.3) is 10.9 Å². The van der Waals surface area contributed by atoms with E-state index in [0.717, 1.165) is 22.3 Å². The number of fused-ring (bicyclic) bond motifs is 1. The molecule has 2 rings (SSSR count). The van der Waals surface area contributed by atoms with Crippen molar-refractivity contribution in [1.29, 1.82) is 0 Å². The zero-order valence-corrected chi connectivity index (χ0v) is 9.83. The van der Waals surface area contributed by atoms with Crippen molar-refractivity contribution in [3.63, 3.8) is 0 Å². The summed E-state index contributed by atoms with van der Waals surface area (Å²) in [6.07, 6.45) is 0. The SMILES string of the molecule is CC.Cc1ccc2c(C)ccc(N)c2n1. The highest BCUT2D eigenvalue weighted by atomic mass is 14.7. The lowest BCUT2D eigenvalue weighted by atomic mass is 10.1. The minimum atomic E-state index is 0.754. The van der Waals surface area contributed by atoms with Crippen LogP contribution in [0.2, 0.25) is 0 Å². The predicted octanol–water partition coefficient (Wildman–Crippen LogP) is 3.46. The average Bonchev–Trinajstić information content (AvgIpc) is 2.27. The van der Waals surface area contributed by atoms with Crippen molar-refractivity contribution in [3.8, 4) is 0 Å². The van der Waals surface area contributed by atoms with E-state index in [4.69, 9.17) is 5.73 Å². The highest BCUT2D eigenvalue weighted by molar-refractivity contribution is 5.91. The molecule has 0 radical (unpaired) electrons.